The van der Waals surface area contributed by atoms with Crippen molar-refractivity contribution in [1.29, 1.82) is 0 Å². The molecule has 1 rings (SSSR count). The molecular weight excluding hydrogens is 242 g/mol. The van der Waals surface area contributed by atoms with Gasteiger partial charge in [-0.25, -0.2) is 18.6 Å². The molecule has 0 unspecified atom stereocenters. The van der Waals surface area contributed by atoms with Crippen molar-refractivity contribution in [2.45, 2.75) is 13.0 Å². The van der Waals surface area contributed by atoms with Crippen LogP contribution in [0, 0.1) is 0 Å². The molecule has 88 valence electrons. The highest BCUT2D eigenvalue weighted by molar-refractivity contribution is 6.33. The molecule has 0 fully saturated rings. The Hall–Kier alpha value is -1.27. The van der Waals surface area contributed by atoms with Crippen LogP contribution in [0.15, 0.2) is 6.07 Å². The number of nitrogens with two attached hydrogens (primary N) is 1. The molecule has 2 N–H and O–H groups in total. The highest BCUT2D eigenvalue weighted by atomic mass is 35.5. The summed E-state index contributed by atoms with van der Waals surface area (Å²) in [6, 6.07) is 0.928. The zero-order chi connectivity index (χ0) is 12.3. The summed E-state index contributed by atoms with van der Waals surface area (Å²) < 4.78 is 29.3. The van der Waals surface area contributed by atoms with Crippen LogP contribution in [0.3, 0.4) is 0 Å². The number of aromatic nitrogens is 1. The molecule has 1 aromatic heterocycles. The van der Waals surface area contributed by atoms with E-state index in [1.54, 1.807) is 0 Å². The summed E-state index contributed by atoms with van der Waals surface area (Å²) in [5.74, 6) is -0.751. The lowest BCUT2D eigenvalue weighted by Gasteiger charge is -2.09. The van der Waals surface area contributed by atoms with E-state index in [0.717, 1.165) is 13.2 Å². The number of esters is 1. The fraction of sp³-hybridized carbons (Fsp3) is 0.333. The van der Waals surface area contributed by atoms with Crippen LogP contribution in [0.2, 0.25) is 5.02 Å². The minimum Gasteiger partial charge on any atom is -0.465 e. The van der Waals surface area contributed by atoms with Gasteiger partial charge in [0.25, 0.3) is 6.43 Å². The SMILES string of the molecule is COC(=O)c1c(Cl)cc(C(F)F)nc1CN. The summed E-state index contributed by atoms with van der Waals surface area (Å²) in [4.78, 5) is 14.9. The van der Waals surface area contributed by atoms with Crippen LogP contribution in [-0.2, 0) is 11.3 Å². The molecule has 7 heteroatoms. The second-order valence-electron chi connectivity index (χ2n) is 2.85. The number of rotatable bonds is 3. The average molecular weight is 251 g/mol. The molecular formula is C9H9ClF2N2O2. The summed E-state index contributed by atoms with van der Waals surface area (Å²) in [5, 5.41) is -0.141. The second-order valence-corrected chi connectivity index (χ2v) is 3.25. The van der Waals surface area contributed by atoms with Crippen molar-refractivity contribution in [1.82, 2.24) is 4.98 Å². The van der Waals surface area contributed by atoms with Crippen LogP contribution in [0.1, 0.15) is 28.2 Å². The maximum absolute atomic E-state index is 12.4. The van der Waals surface area contributed by atoms with Crippen LogP contribution >= 0.6 is 11.6 Å². The molecule has 0 aliphatic heterocycles. The molecule has 0 amide bonds. The van der Waals surface area contributed by atoms with E-state index in [1.807, 2.05) is 0 Å². The molecule has 0 bridgehead atoms. The Bertz CT molecular complexity index is 413. The summed E-state index contributed by atoms with van der Waals surface area (Å²) in [6.07, 6.45) is -2.77. The Kier molecular flexibility index (Phi) is 4.14. The van der Waals surface area contributed by atoms with Crippen molar-refractivity contribution in [2.24, 2.45) is 5.73 Å². The molecule has 0 saturated heterocycles. The van der Waals surface area contributed by atoms with E-state index in [9.17, 15) is 13.6 Å². The van der Waals surface area contributed by atoms with Crippen LogP contribution in [-0.4, -0.2) is 18.1 Å². The lowest BCUT2D eigenvalue weighted by molar-refractivity contribution is 0.0598. The van der Waals surface area contributed by atoms with Gasteiger partial charge in [-0.05, 0) is 6.07 Å². The standard InChI is InChI=1S/C9H9ClF2N2O2/c1-16-9(15)7-4(10)2-5(8(11)12)14-6(7)3-13/h2,8H,3,13H2,1H3. The van der Waals surface area contributed by atoms with E-state index < -0.39 is 18.1 Å². The van der Waals surface area contributed by atoms with Crippen LogP contribution in [0.4, 0.5) is 8.78 Å². The van der Waals surface area contributed by atoms with Gasteiger partial charge in [-0.1, -0.05) is 11.6 Å². The van der Waals surface area contributed by atoms with Crippen molar-refractivity contribution < 1.29 is 18.3 Å². The van der Waals surface area contributed by atoms with E-state index >= 15 is 0 Å². The molecule has 0 aliphatic rings. The summed E-state index contributed by atoms with van der Waals surface area (Å²) in [6.45, 7) is -0.176. The zero-order valence-electron chi connectivity index (χ0n) is 8.34. The van der Waals surface area contributed by atoms with Crippen LogP contribution in [0.5, 0.6) is 0 Å². The monoisotopic (exact) mass is 250 g/mol. The number of nitrogens with zero attached hydrogens (tertiary/aromatic N) is 1. The van der Waals surface area contributed by atoms with Gasteiger partial charge in [0.2, 0.25) is 0 Å². The number of methoxy groups -OCH3 is 1. The second kappa shape index (κ2) is 5.18. The first kappa shape index (κ1) is 12.8. The van der Waals surface area contributed by atoms with Crippen molar-refractivity contribution in [3.63, 3.8) is 0 Å². The summed E-state index contributed by atoms with van der Waals surface area (Å²) in [5.41, 5.74) is 4.71. The quantitative estimate of drug-likeness (QED) is 0.833. The number of hydrogen-bond donors (Lipinski definition) is 1. The highest BCUT2D eigenvalue weighted by Crippen LogP contribution is 2.25. The zero-order valence-corrected chi connectivity index (χ0v) is 9.09. The van der Waals surface area contributed by atoms with Crippen molar-refractivity contribution >= 4 is 17.6 Å². The van der Waals surface area contributed by atoms with Crippen molar-refractivity contribution in [2.75, 3.05) is 7.11 Å². The smallest absolute Gasteiger partial charge is 0.341 e. The largest absolute Gasteiger partial charge is 0.465 e. The fourth-order valence-electron chi connectivity index (χ4n) is 1.16. The first-order chi connectivity index (χ1) is 7.51. The average Bonchev–Trinajstić information content (AvgIpc) is 2.26. The highest BCUT2D eigenvalue weighted by Gasteiger charge is 2.21. The maximum Gasteiger partial charge on any atom is 0.341 e. The third-order valence-corrected chi connectivity index (χ3v) is 2.17. The molecule has 0 radical (unpaired) electrons. The Morgan fingerprint density at radius 3 is 2.75 bits per heavy atom. The van der Waals surface area contributed by atoms with E-state index in [-0.39, 0.29) is 22.8 Å². The first-order valence-corrected chi connectivity index (χ1v) is 4.64. The molecule has 0 saturated carbocycles. The number of carbonyl (C=O) groups is 1. The van der Waals surface area contributed by atoms with Gasteiger partial charge in [-0.3, -0.25) is 0 Å². The number of halogens is 3. The topological polar surface area (TPSA) is 65.2 Å². The minimum atomic E-state index is -2.77. The van der Waals surface area contributed by atoms with E-state index in [0.29, 0.717) is 0 Å². The number of carbonyl (C=O) groups excluding carboxylic acids is 1. The van der Waals surface area contributed by atoms with Crippen molar-refractivity contribution in [3.8, 4) is 0 Å². The third kappa shape index (κ3) is 2.45. The Labute approximate surface area is 95.4 Å². The normalized spacial score (nSPS) is 10.6. The van der Waals surface area contributed by atoms with Gasteiger partial charge >= 0.3 is 5.97 Å². The van der Waals surface area contributed by atoms with Gasteiger partial charge in [0.15, 0.2) is 0 Å². The van der Waals surface area contributed by atoms with E-state index in [2.05, 4.69) is 9.72 Å². The predicted molar refractivity (Wildman–Crippen MR) is 53.4 cm³/mol. The summed E-state index contributed by atoms with van der Waals surface area (Å²) in [7, 11) is 1.15. The number of pyridine rings is 1. The molecule has 0 atom stereocenters. The molecule has 0 aromatic carbocycles. The molecule has 1 heterocycles. The fourth-order valence-corrected chi connectivity index (χ4v) is 1.46. The Morgan fingerprint density at radius 2 is 2.31 bits per heavy atom. The summed E-state index contributed by atoms with van der Waals surface area (Å²) >= 11 is 5.70. The van der Waals surface area contributed by atoms with Gasteiger partial charge in [0.1, 0.15) is 11.3 Å². The van der Waals surface area contributed by atoms with Crippen LogP contribution < -0.4 is 5.73 Å². The predicted octanol–water partition coefficient (Wildman–Crippen LogP) is 1.92. The number of ether oxygens (including phenoxy) is 1. The van der Waals surface area contributed by atoms with Gasteiger partial charge in [-0.15, -0.1) is 0 Å². The van der Waals surface area contributed by atoms with Gasteiger partial charge in [0, 0.05) is 6.54 Å². The minimum absolute atomic E-state index is 0.00495. The van der Waals surface area contributed by atoms with E-state index in [4.69, 9.17) is 17.3 Å². The van der Waals surface area contributed by atoms with E-state index in [1.165, 1.54) is 0 Å². The number of alkyl halides is 2. The van der Waals surface area contributed by atoms with Gasteiger partial charge < -0.3 is 10.5 Å². The molecule has 16 heavy (non-hydrogen) atoms. The lowest BCUT2D eigenvalue weighted by Crippen LogP contribution is -2.13. The van der Waals surface area contributed by atoms with Gasteiger partial charge in [0.05, 0.1) is 17.8 Å². The molecule has 0 spiro atoms. The van der Waals surface area contributed by atoms with Gasteiger partial charge in [-0.2, -0.15) is 0 Å². The molecule has 1 aromatic rings. The maximum atomic E-state index is 12.4. The Morgan fingerprint density at radius 1 is 1.69 bits per heavy atom. The van der Waals surface area contributed by atoms with Crippen LogP contribution in [0.25, 0.3) is 0 Å². The first-order valence-electron chi connectivity index (χ1n) is 4.27. The number of hydrogen-bond acceptors (Lipinski definition) is 4. The Balaban J connectivity index is 3.34. The molecule has 0 aliphatic carbocycles. The lowest BCUT2D eigenvalue weighted by atomic mass is 10.1. The third-order valence-electron chi connectivity index (χ3n) is 1.87. The van der Waals surface area contributed by atoms with Crippen molar-refractivity contribution in [3.05, 3.63) is 28.0 Å². The molecule has 4 nitrogen and oxygen atoms in total.